The average molecular weight is 293 g/mol. The van der Waals surface area contributed by atoms with Gasteiger partial charge in [0.05, 0.1) is 11.3 Å². The largest absolute Gasteiger partial charge is 0.466 e. The van der Waals surface area contributed by atoms with Crippen molar-refractivity contribution in [2.24, 2.45) is 0 Å². The van der Waals surface area contributed by atoms with Crippen molar-refractivity contribution in [1.29, 1.82) is 0 Å². The number of amides is 1. The number of aryl methyl sites for hydroxylation is 2. The fraction of sp³-hybridized carbons (Fsp3) is 0.429. The lowest BCUT2D eigenvalue weighted by Crippen LogP contribution is -2.18. The van der Waals surface area contributed by atoms with E-state index in [2.05, 4.69) is 22.5 Å². The molecule has 0 aromatic carbocycles. The van der Waals surface area contributed by atoms with Gasteiger partial charge in [0.15, 0.2) is 5.13 Å². The van der Waals surface area contributed by atoms with E-state index in [9.17, 15) is 4.79 Å². The first-order valence-electron chi connectivity index (χ1n) is 6.58. The Morgan fingerprint density at radius 3 is 2.85 bits per heavy atom. The highest BCUT2D eigenvalue weighted by atomic mass is 32.1. The number of aromatic nitrogens is 1. The average Bonchev–Trinajstić information content (AvgIpc) is 2.96. The molecule has 2 rings (SSSR count). The zero-order valence-corrected chi connectivity index (χ0v) is 12.9. The molecule has 1 unspecified atom stereocenters. The molecule has 0 spiro atoms. The van der Waals surface area contributed by atoms with Gasteiger partial charge in [0.25, 0.3) is 5.91 Å². The summed E-state index contributed by atoms with van der Waals surface area (Å²) in [4.78, 5) is 16.6. The van der Waals surface area contributed by atoms with Crippen LogP contribution in [0, 0.1) is 13.8 Å². The second kappa shape index (κ2) is 6.19. The van der Waals surface area contributed by atoms with E-state index in [4.69, 9.17) is 4.42 Å². The highest BCUT2D eigenvalue weighted by molar-refractivity contribution is 7.14. The summed E-state index contributed by atoms with van der Waals surface area (Å²) in [7, 11) is 0. The van der Waals surface area contributed by atoms with Crippen molar-refractivity contribution in [2.75, 3.05) is 11.9 Å². The summed E-state index contributed by atoms with van der Waals surface area (Å²) in [6.07, 6.45) is 0. The summed E-state index contributed by atoms with van der Waals surface area (Å²) >= 11 is 1.43. The highest BCUT2D eigenvalue weighted by Gasteiger charge is 2.16. The van der Waals surface area contributed by atoms with Crippen LogP contribution in [0.3, 0.4) is 0 Å². The van der Waals surface area contributed by atoms with Crippen molar-refractivity contribution in [2.45, 2.75) is 33.7 Å². The Kier molecular flexibility index (Phi) is 4.57. The van der Waals surface area contributed by atoms with Crippen molar-refractivity contribution >= 4 is 22.4 Å². The SMILES string of the molecule is CCNC(C)c1csc(NC(=O)c2cc(C)oc2C)n1. The van der Waals surface area contributed by atoms with E-state index in [1.807, 2.05) is 19.2 Å². The summed E-state index contributed by atoms with van der Waals surface area (Å²) in [5.41, 5.74) is 1.49. The molecule has 2 N–H and O–H groups in total. The fourth-order valence-corrected chi connectivity index (χ4v) is 2.77. The molecule has 2 heterocycles. The standard InChI is InChI=1S/C14H19N3O2S/c1-5-15-9(3)12-7-20-14(16-12)17-13(18)11-6-8(2)19-10(11)4/h6-7,9,15H,5H2,1-4H3,(H,16,17,18). The number of thiazole rings is 1. The van der Waals surface area contributed by atoms with Gasteiger partial charge in [-0.2, -0.15) is 0 Å². The molecular weight excluding hydrogens is 274 g/mol. The zero-order chi connectivity index (χ0) is 14.7. The van der Waals surface area contributed by atoms with Gasteiger partial charge >= 0.3 is 0 Å². The molecule has 0 aliphatic heterocycles. The highest BCUT2D eigenvalue weighted by Crippen LogP contribution is 2.22. The summed E-state index contributed by atoms with van der Waals surface area (Å²) in [5, 5.41) is 8.66. The Bertz CT molecular complexity index is 603. The van der Waals surface area contributed by atoms with Crippen LogP contribution in [0.4, 0.5) is 5.13 Å². The first-order chi connectivity index (χ1) is 9.51. The van der Waals surface area contributed by atoms with E-state index in [-0.39, 0.29) is 11.9 Å². The number of carbonyl (C=O) groups is 1. The van der Waals surface area contributed by atoms with Crippen LogP contribution < -0.4 is 10.6 Å². The van der Waals surface area contributed by atoms with Crippen LogP contribution in [0.5, 0.6) is 0 Å². The minimum atomic E-state index is -0.184. The van der Waals surface area contributed by atoms with E-state index in [0.717, 1.165) is 18.0 Å². The third-order valence-corrected chi connectivity index (χ3v) is 3.76. The lowest BCUT2D eigenvalue weighted by atomic mass is 10.2. The molecule has 5 nitrogen and oxygen atoms in total. The van der Waals surface area contributed by atoms with Gasteiger partial charge in [-0.05, 0) is 33.4 Å². The summed E-state index contributed by atoms with van der Waals surface area (Å²) < 4.78 is 5.36. The number of anilines is 1. The maximum absolute atomic E-state index is 12.1. The van der Waals surface area contributed by atoms with Gasteiger partial charge in [-0.15, -0.1) is 11.3 Å². The molecule has 0 aliphatic rings. The predicted octanol–water partition coefficient (Wildman–Crippen LogP) is 3.28. The summed E-state index contributed by atoms with van der Waals surface area (Å²) in [5.74, 6) is 1.17. The first-order valence-corrected chi connectivity index (χ1v) is 7.46. The predicted molar refractivity (Wildman–Crippen MR) is 80.3 cm³/mol. The fourth-order valence-electron chi connectivity index (χ4n) is 1.97. The molecule has 1 amide bonds. The van der Waals surface area contributed by atoms with Crippen LogP contribution in [-0.4, -0.2) is 17.4 Å². The molecule has 0 fully saturated rings. The van der Waals surface area contributed by atoms with Crippen molar-refractivity contribution < 1.29 is 9.21 Å². The van der Waals surface area contributed by atoms with Crippen LogP contribution in [0.25, 0.3) is 0 Å². The Hall–Kier alpha value is -1.66. The maximum atomic E-state index is 12.1. The van der Waals surface area contributed by atoms with Gasteiger partial charge < -0.3 is 9.73 Å². The van der Waals surface area contributed by atoms with Crippen LogP contribution in [0.1, 0.15) is 47.5 Å². The molecule has 108 valence electrons. The Labute approximate surface area is 122 Å². The molecule has 0 radical (unpaired) electrons. The van der Waals surface area contributed by atoms with Gasteiger partial charge in [0, 0.05) is 11.4 Å². The van der Waals surface area contributed by atoms with Crippen molar-refractivity contribution in [1.82, 2.24) is 10.3 Å². The molecule has 20 heavy (non-hydrogen) atoms. The van der Waals surface area contributed by atoms with Crippen molar-refractivity contribution in [3.05, 3.63) is 34.2 Å². The maximum Gasteiger partial charge on any atom is 0.260 e. The van der Waals surface area contributed by atoms with Crippen LogP contribution >= 0.6 is 11.3 Å². The van der Waals surface area contributed by atoms with E-state index in [0.29, 0.717) is 16.5 Å². The number of nitrogens with one attached hydrogen (secondary N) is 2. The van der Waals surface area contributed by atoms with Gasteiger partial charge in [0.2, 0.25) is 0 Å². The molecule has 2 aromatic heterocycles. The number of hydrogen-bond acceptors (Lipinski definition) is 5. The molecule has 6 heteroatoms. The molecule has 2 aromatic rings. The molecule has 0 aliphatic carbocycles. The molecule has 0 saturated carbocycles. The lowest BCUT2D eigenvalue weighted by molar-refractivity contribution is 0.102. The van der Waals surface area contributed by atoms with Crippen LogP contribution in [0.15, 0.2) is 15.9 Å². The Morgan fingerprint density at radius 1 is 1.50 bits per heavy atom. The summed E-state index contributed by atoms with van der Waals surface area (Å²) in [6.45, 7) is 8.59. The Morgan fingerprint density at radius 2 is 2.25 bits per heavy atom. The van der Waals surface area contributed by atoms with Crippen molar-refractivity contribution in [3.8, 4) is 0 Å². The van der Waals surface area contributed by atoms with E-state index < -0.39 is 0 Å². The van der Waals surface area contributed by atoms with E-state index >= 15 is 0 Å². The monoisotopic (exact) mass is 293 g/mol. The number of rotatable bonds is 5. The van der Waals surface area contributed by atoms with Gasteiger partial charge in [-0.25, -0.2) is 4.98 Å². The number of furan rings is 1. The third kappa shape index (κ3) is 3.26. The smallest absolute Gasteiger partial charge is 0.260 e. The lowest BCUT2D eigenvalue weighted by Gasteiger charge is -2.08. The second-order valence-electron chi connectivity index (χ2n) is 4.64. The van der Waals surface area contributed by atoms with Gasteiger partial charge in [0.1, 0.15) is 11.5 Å². The Balaban J connectivity index is 2.07. The molecule has 1 atom stereocenters. The second-order valence-corrected chi connectivity index (χ2v) is 5.50. The first kappa shape index (κ1) is 14.7. The minimum absolute atomic E-state index is 0.180. The van der Waals surface area contributed by atoms with Crippen LogP contribution in [0.2, 0.25) is 0 Å². The van der Waals surface area contributed by atoms with Crippen molar-refractivity contribution in [3.63, 3.8) is 0 Å². The van der Waals surface area contributed by atoms with E-state index in [1.165, 1.54) is 11.3 Å². The minimum Gasteiger partial charge on any atom is -0.466 e. The van der Waals surface area contributed by atoms with Gasteiger partial charge in [-0.3, -0.25) is 10.1 Å². The number of carbonyl (C=O) groups excluding carboxylic acids is 1. The summed E-state index contributed by atoms with van der Waals surface area (Å²) in [6, 6.07) is 1.92. The van der Waals surface area contributed by atoms with Gasteiger partial charge in [-0.1, -0.05) is 6.92 Å². The third-order valence-electron chi connectivity index (χ3n) is 2.98. The number of nitrogens with zero attached hydrogens (tertiary/aromatic N) is 1. The van der Waals surface area contributed by atoms with E-state index in [1.54, 1.807) is 13.0 Å². The normalized spacial score (nSPS) is 12.4. The van der Waals surface area contributed by atoms with Crippen LogP contribution in [-0.2, 0) is 0 Å². The number of hydrogen-bond donors (Lipinski definition) is 2. The zero-order valence-electron chi connectivity index (χ0n) is 12.1. The quantitative estimate of drug-likeness (QED) is 0.888. The molecular formula is C14H19N3O2S. The molecule has 0 saturated heterocycles. The topological polar surface area (TPSA) is 67.2 Å². The molecule has 0 bridgehead atoms.